The van der Waals surface area contributed by atoms with Gasteiger partial charge in [-0.25, -0.2) is 4.79 Å². The Bertz CT molecular complexity index is 1100. The number of carbonyl (C=O) groups is 4. The molecule has 2 aromatic rings. The Morgan fingerprint density at radius 3 is 1.74 bits per heavy atom. The molecule has 1 aromatic carbocycles. The maximum Gasteiger partial charge on any atom is 0.359 e. The summed E-state index contributed by atoms with van der Waals surface area (Å²) in [6.45, 7) is 8.08. The van der Waals surface area contributed by atoms with Crippen molar-refractivity contribution in [1.29, 1.82) is 0 Å². The van der Waals surface area contributed by atoms with Crippen LogP contribution >= 0.6 is 0 Å². The van der Waals surface area contributed by atoms with Crippen LogP contribution in [0.3, 0.4) is 0 Å². The van der Waals surface area contributed by atoms with Gasteiger partial charge in [-0.15, -0.1) is 0 Å². The minimum atomic E-state index is -0.866. The van der Waals surface area contributed by atoms with Gasteiger partial charge in [-0.1, -0.05) is 27.7 Å². The summed E-state index contributed by atoms with van der Waals surface area (Å²) in [4.78, 5) is 53.1. The molecule has 0 aliphatic rings. The van der Waals surface area contributed by atoms with Crippen molar-refractivity contribution < 1.29 is 38.1 Å². The Balaban J connectivity index is 3.03. The van der Waals surface area contributed by atoms with E-state index < -0.39 is 35.7 Å². The predicted molar refractivity (Wildman–Crippen MR) is 127 cm³/mol. The van der Waals surface area contributed by atoms with Crippen LogP contribution in [0.15, 0.2) is 24.3 Å². The van der Waals surface area contributed by atoms with Gasteiger partial charge in [0.15, 0.2) is 11.4 Å². The Labute approximate surface area is 204 Å². The highest BCUT2D eigenvalue weighted by atomic mass is 16.6. The van der Waals surface area contributed by atoms with E-state index >= 15 is 0 Å². The number of hydrogen-bond donors (Lipinski definition) is 0. The molecule has 0 aliphatic carbocycles. The molecule has 1 aromatic heterocycles. The Kier molecular flexibility index (Phi) is 9.05. The van der Waals surface area contributed by atoms with Crippen molar-refractivity contribution >= 4 is 23.8 Å². The SMILES string of the molecule is CCOC(=O)c1c(OC(=O)C(C)C)c(OC(=O)C(C)C)c(C(=O)N(C)C)n1-c1ccc(OC)cc1. The van der Waals surface area contributed by atoms with Crippen LogP contribution in [-0.2, 0) is 14.3 Å². The van der Waals surface area contributed by atoms with E-state index in [1.54, 1.807) is 58.9 Å². The van der Waals surface area contributed by atoms with Gasteiger partial charge in [-0.3, -0.25) is 19.0 Å². The Morgan fingerprint density at radius 2 is 1.34 bits per heavy atom. The number of esters is 3. The molecule has 0 saturated heterocycles. The normalized spacial score (nSPS) is 10.8. The quantitative estimate of drug-likeness (QED) is 0.493. The van der Waals surface area contributed by atoms with Crippen LogP contribution < -0.4 is 14.2 Å². The van der Waals surface area contributed by atoms with E-state index in [9.17, 15) is 19.2 Å². The molecule has 0 radical (unpaired) electrons. The molecule has 0 atom stereocenters. The molecule has 0 spiro atoms. The number of aromatic nitrogens is 1. The number of methoxy groups -OCH3 is 1. The summed E-state index contributed by atoms with van der Waals surface area (Å²) in [7, 11) is 4.51. The van der Waals surface area contributed by atoms with Crippen LogP contribution in [0.25, 0.3) is 5.69 Å². The molecular weight excluding hydrogens is 456 g/mol. The van der Waals surface area contributed by atoms with Gasteiger partial charge in [0.2, 0.25) is 11.5 Å². The van der Waals surface area contributed by atoms with Crippen molar-refractivity contribution in [3.63, 3.8) is 0 Å². The monoisotopic (exact) mass is 488 g/mol. The summed E-state index contributed by atoms with van der Waals surface area (Å²) in [6.07, 6.45) is 0. The average Bonchev–Trinajstić information content (AvgIpc) is 3.11. The molecule has 190 valence electrons. The van der Waals surface area contributed by atoms with Crippen molar-refractivity contribution in [2.75, 3.05) is 27.8 Å². The van der Waals surface area contributed by atoms with E-state index in [1.807, 2.05) is 0 Å². The van der Waals surface area contributed by atoms with E-state index in [0.717, 1.165) is 0 Å². The van der Waals surface area contributed by atoms with Crippen LogP contribution in [0.5, 0.6) is 17.2 Å². The van der Waals surface area contributed by atoms with Gasteiger partial charge in [0.05, 0.1) is 25.6 Å². The number of hydrogen-bond acceptors (Lipinski definition) is 8. The summed E-state index contributed by atoms with van der Waals surface area (Å²) < 4.78 is 22.9. The number of amides is 1. The van der Waals surface area contributed by atoms with E-state index in [1.165, 1.54) is 30.7 Å². The molecule has 0 unspecified atom stereocenters. The first-order chi connectivity index (χ1) is 16.4. The number of benzene rings is 1. The van der Waals surface area contributed by atoms with Crippen LogP contribution in [0.2, 0.25) is 0 Å². The zero-order valence-electron chi connectivity index (χ0n) is 21.3. The summed E-state index contributed by atoms with van der Waals surface area (Å²) >= 11 is 0. The maximum absolute atomic E-state index is 13.4. The molecule has 0 fully saturated rings. The number of nitrogens with zero attached hydrogens (tertiary/aromatic N) is 2. The highest BCUT2D eigenvalue weighted by molar-refractivity contribution is 6.04. The van der Waals surface area contributed by atoms with Crippen molar-refractivity contribution in [2.24, 2.45) is 11.8 Å². The van der Waals surface area contributed by atoms with E-state index in [2.05, 4.69) is 0 Å². The Morgan fingerprint density at radius 1 is 0.857 bits per heavy atom. The largest absolute Gasteiger partial charge is 0.497 e. The van der Waals surface area contributed by atoms with Gasteiger partial charge in [0, 0.05) is 19.8 Å². The van der Waals surface area contributed by atoms with Crippen molar-refractivity contribution in [1.82, 2.24) is 9.47 Å². The topological polar surface area (TPSA) is 113 Å². The molecule has 1 heterocycles. The molecule has 0 bridgehead atoms. The number of carbonyl (C=O) groups excluding carboxylic acids is 4. The second-order valence-corrected chi connectivity index (χ2v) is 8.46. The van der Waals surface area contributed by atoms with Crippen LogP contribution in [0.1, 0.15) is 55.6 Å². The summed E-state index contributed by atoms with van der Waals surface area (Å²) in [5.74, 6) is -4.13. The second-order valence-electron chi connectivity index (χ2n) is 8.46. The molecule has 2 rings (SSSR count). The first-order valence-electron chi connectivity index (χ1n) is 11.2. The van der Waals surface area contributed by atoms with Crippen LogP contribution in [0.4, 0.5) is 0 Å². The van der Waals surface area contributed by atoms with Crippen molar-refractivity contribution in [3.05, 3.63) is 35.7 Å². The molecule has 0 N–H and O–H groups in total. The minimum Gasteiger partial charge on any atom is -0.497 e. The van der Waals surface area contributed by atoms with Gasteiger partial charge in [-0.2, -0.15) is 0 Å². The first kappa shape index (κ1) is 27.4. The van der Waals surface area contributed by atoms with Crippen molar-refractivity contribution in [3.8, 4) is 22.9 Å². The highest BCUT2D eigenvalue weighted by Crippen LogP contribution is 2.42. The van der Waals surface area contributed by atoms with E-state index in [-0.39, 0.29) is 29.5 Å². The third kappa shape index (κ3) is 6.00. The zero-order valence-corrected chi connectivity index (χ0v) is 21.3. The lowest BCUT2D eigenvalue weighted by atomic mass is 10.2. The fraction of sp³-hybridized carbons (Fsp3) is 0.440. The van der Waals surface area contributed by atoms with Gasteiger partial charge in [-0.05, 0) is 31.2 Å². The van der Waals surface area contributed by atoms with Gasteiger partial charge in [0.1, 0.15) is 5.75 Å². The summed E-state index contributed by atoms with van der Waals surface area (Å²) in [5, 5.41) is 0. The van der Waals surface area contributed by atoms with Gasteiger partial charge >= 0.3 is 17.9 Å². The maximum atomic E-state index is 13.4. The highest BCUT2D eigenvalue weighted by Gasteiger charge is 2.38. The van der Waals surface area contributed by atoms with Gasteiger partial charge < -0.3 is 23.8 Å². The molecule has 35 heavy (non-hydrogen) atoms. The van der Waals surface area contributed by atoms with Crippen LogP contribution in [0, 0.1) is 11.8 Å². The molecule has 1 amide bonds. The van der Waals surface area contributed by atoms with E-state index in [0.29, 0.717) is 11.4 Å². The molecule has 10 nitrogen and oxygen atoms in total. The molecule has 0 aliphatic heterocycles. The van der Waals surface area contributed by atoms with E-state index in [4.69, 9.17) is 18.9 Å². The number of rotatable bonds is 9. The first-order valence-corrected chi connectivity index (χ1v) is 11.2. The lowest BCUT2D eigenvalue weighted by Crippen LogP contribution is -2.26. The molecule has 10 heteroatoms. The second kappa shape index (κ2) is 11.5. The fourth-order valence-electron chi connectivity index (χ4n) is 2.93. The van der Waals surface area contributed by atoms with Crippen LogP contribution in [-0.4, -0.2) is 61.1 Å². The minimum absolute atomic E-state index is 0.0161. The Hall–Kier alpha value is -3.82. The van der Waals surface area contributed by atoms with Crippen molar-refractivity contribution in [2.45, 2.75) is 34.6 Å². The summed E-state index contributed by atoms with van der Waals surface area (Å²) in [5.41, 5.74) is -0.0840. The zero-order chi connectivity index (χ0) is 26.4. The van der Waals surface area contributed by atoms with Gasteiger partial charge in [0.25, 0.3) is 5.91 Å². The lowest BCUT2D eigenvalue weighted by molar-refractivity contribution is -0.140. The molecular formula is C25H32N2O8. The third-order valence-electron chi connectivity index (χ3n) is 4.84. The smallest absolute Gasteiger partial charge is 0.359 e. The predicted octanol–water partition coefficient (Wildman–Crippen LogP) is 3.49. The molecule has 0 saturated carbocycles. The average molecular weight is 489 g/mol. The third-order valence-corrected chi connectivity index (χ3v) is 4.84. The number of ether oxygens (including phenoxy) is 4. The lowest BCUT2D eigenvalue weighted by Gasteiger charge is -2.16. The fourth-order valence-corrected chi connectivity index (χ4v) is 2.93. The standard InChI is InChI=1S/C25H32N2O8/c1-9-33-25(31)19-21(35-24(30)15(4)5)20(34-23(29)14(2)3)18(22(28)26(6)7)27(19)16-10-12-17(32-8)13-11-16/h10-15H,9H2,1-8H3. The summed E-state index contributed by atoms with van der Waals surface area (Å²) in [6, 6.07) is 6.48.